The number of benzene rings is 2. The van der Waals surface area contributed by atoms with E-state index in [0.29, 0.717) is 31.2 Å². The molecule has 7 atom stereocenters. The first kappa shape index (κ1) is 49.1. The van der Waals surface area contributed by atoms with Crippen LogP contribution < -0.4 is 44.6 Å². The molecule has 334 valence electrons. The number of nitrogens with two attached hydrogens (primary N) is 5. The molecule has 15 N–H and O–H groups in total. The molecule has 1 saturated heterocycles. The van der Waals surface area contributed by atoms with Gasteiger partial charge in [0.15, 0.2) is 17.7 Å². The fraction of sp³-hybridized carbons (Fsp3) is 0.524. The molecule has 0 radical (unpaired) electrons. The number of ketones is 1. The second kappa shape index (κ2) is 24.7. The van der Waals surface area contributed by atoms with Gasteiger partial charge in [0.2, 0.25) is 23.6 Å². The highest BCUT2D eigenvalue weighted by Gasteiger charge is 2.40. The summed E-state index contributed by atoms with van der Waals surface area (Å²) in [7, 11) is 0. The molecule has 5 unspecified atom stereocenters. The summed E-state index contributed by atoms with van der Waals surface area (Å²) in [6, 6.07) is 9.59. The maximum absolute atomic E-state index is 14.2. The summed E-state index contributed by atoms with van der Waals surface area (Å²) in [6.45, 7) is 4.24. The molecular formula is C42H63N11O8. The predicted octanol–water partition coefficient (Wildman–Crippen LogP) is -0.237. The lowest BCUT2D eigenvalue weighted by molar-refractivity contribution is -0.144. The number of carboxylic acid groups (broad SMARTS) is 1. The number of phenolic OH excluding ortho intramolecular Hbond substituents is 1. The lowest BCUT2D eigenvalue weighted by Gasteiger charge is -2.31. The number of phenols is 1. The highest BCUT2D eigenvalue weighted by molar-refractivity contribution is 5.97. The van der Waals surface area contributed by atoms with E-state index in [4.69, 9.17) is 28.7 Å². The molecule has 2 aromatic rings. The monoisotopic (exact) mass is 849 g/mol. The highest BCUT2D eigenvalue weighted by Crippen LogP contribution is 2.22. The molecule has 1 aliphatic heterocycles. The van der Waals surface area contributed by atoms with Gasteiger partial charge in [-0.3, -0.25) is 38.8 Å². The van der Waals surface area contributed by atoms with E-state index in [1.54, 1.807) is 43.3 Å². The Morgan fingerprint density at radius 3 is 2.00 bits per heavy atom. The van der Waals surface area contributed by atoms with Crippen molar-refractivity contribution in [3.63, 3.8) is 0 Å². The van der Waals surface area contributed by atoms with Crippen molar-refractivity contribution < 1.29 is 39.0 Å². The molecule has 2 aromatic carbocycles. The van der Waals surface area contributed by atoms with Gasteiger partial charge < -0.3 is 59.7 Å². The Labute approximate surface area is 356 Å². The van der Waals surface area contributed by atoms with Gasteiger partial charge in [0, 0.05) is 32.5 Å². The van der Waals surface area contributed by atoms with Crippen LogP contribution in [-0.2, 0) is 41.6 Å². The van der Waals surface area contributed by atoms with Crippen LogP contribution in [0.5, 0.6) is 5.75 Å². The average molecular weight is 850 g/mol. The minimum atomic E-state index is -1.25. The van der Waals surface area contributed by atoms with E-state index >= 15 is 0 Å². The van der Waals surface area contributed by atoms with Crippen molar-refractivity contribution in [2.24, 2.45) is 50.5 Å². The minimum absolute atomic E-state index is 0.00772. The highest BCUT2D eigenvalue weighted by atomic mass is 16.4. The van der Waals surface area contributed by atoms with Crippen LogP contribution in [0, 0.1) is 11.8 Å². The summed E-state index contributed by atoms with van der Waals surface area (Å²) in [6.07, 6.45) is 2.01. The van der Waals surface area contributed by atoms with Crippen LogP contribution in [-0.4, -0.2) is 112 Å². The van der Waals surface area contributed by atoms with Gasteiger partial charge in [-0.2, -0.15) is 0 Å². The first-order valence-electron chi connectivity index (χ1n) is 20.7. The Morgan fingerprint density at radius 1 is 0.803 bits per heavy atom. The Balaban J connectivity index is 1.84. The van der Waals surface area contributed by atoms with Crippen LogP contribution in [0.2, 0.25) is 0 Å². The number of likely N-dealkylation sites (tertiary alicyclic amines) is 1. The summed E-state index contributed by atoms with van der Waals surface area (Å²) in [5, 5.41) is 28.3. The smallest absolute Gasteiger partial charge is 0.307 e. The van der Waals surface area contributed by atoms with Crippen LogP contribution in [0.4, 0.5) is 0 Å². The zero-order chi connectivity index (χ0) is 45.1. The standard InChI is InChI=1S/C42H63N11O8/c1-3-25(2)35(34(55)24-28(40(60)61)22-26-10-5-4-6-11-26)52-37(57)32(23-27-15-17-29(54)18-16-27)51-38(58)33-14-9-21-53(33)39(59)31(13-8-20-49-42(46)47)50-36(56)30(43)12-7-19-48-41(44)45/h4-6,10-11,15-18,25,28,30-33,35,54H,3,7-9,12-14,19-24,43H2,1-2H3,(H,50,56)(H,51,58)(H,52,57)(H,60,61)(H4,44,45,48)(H4,46,47,49)/t25?,28-,30?,31?,32?,33?,35-/m1/s1. The Hall–Kier alpha value is -6.24. The summed E-state index contributed by atoms with van der Waals surface area (Å²) in [5.74, 6) is -5.71. The van der Waals surface area contributed by atoms with E-state index in [1.165, 1.54) is 17.0 Å². The number of carbonyl (C=O) groups is 6. The minimum Gasteiger partial charge on any atom is -0.508 e. The average Bonchev–Trinajstić information content (AvgIpc) is 3.72. The lowest BCUT2D eigenvalue weighted by atomic mass is 9.87. The van der Waals surface area contributed by atoms with Crippen LogP contribution in [0.25, 0.3) is 0 Å². The fourth-order valence-electron chi connectivity index (χ4n) is 7.08. The fourth-order valence-corrected chi connectivity index (χ4v) is 7.08. The Kier molecular flexibility index (Phi) is 19.9. The maximum atomic E-state index is 14.2. The number of Topliss-reactive ketones (excluding diaryl/α,β-unsaturated/α-hetero) is 1. The van der Waals surface area contributed by atoms with Gasteiger partial charge in [-0.05, 0) is 74.1 Å². The van der Waals surface area contributed by atoms with Crippen LogP contribution in [0.15, 0.2) is 64.6 Å². The number of aromatic hydroxyl groups is 1. The van der Waals surface area contributed by atoms with Crippen molar-refractivity contribution in [3.8, 4) is 5.75 Å². The second-order valence-corrected chi connectivity index (χ2v) is 15.5. The van der Waals surface area contributed by atoms with Crippen molar-refractivity contribution in [1.29, 1.82) is 0 Å². The summed E-state index contributed by atoms with van der Waals surface area (Å²) in [5.41, 5.74) is 29.2. The van der Waals surface area contributed by atoms with Crippen LogP contribution in [0.3, 0.4) is 0 Å². The molecule has 1 heterocycles. The number of carbonyl (C=O) groups excluding carboxylic acids is 5. The summed E-state index contributed by atoms with van der Waals surface area (Å²) in [4.78, 5) is 91.1. The molecular weight excluding hydrogens is 787 g/mol. The molecule has 0 aliphatic carbocycles. The van der Waals surface area contributed by atoms with Gasteiger partial charge in [0.05, 0.1) is 18.0 Å². The molecule has 0 bridgehead atoms. The number of aliphatic imine (C=N–C) groups is 2. The number of guanidine groups is 2. The number of amides is 4. The van der Waals surface area contributed by atoms with E-state index < -0.39 is 71.5 Å². The van der Waals surface area contributed by atoms with Crippen molar-refractivity contribution in [3.05, 3.63) is 65.7 Å². The van der Waals surface area contributed by atoms with Crippen LogP contribution in [0.1, 0.15) is 76.3 Å². The molecule has 1 fully saturated rings. The van der Waals surface area contributed by atoms with Crippen LogP contribution >= 0.6 is 0 Å². The molecule has 0 aromatic heterocycles. The van der Waals surface area contributed by atoms with Gasteiger partial charge in [-0.15, -0.1) is 0 Å². The molecule has 19 nitrogen and oxygen atoms in total. The quantitative estimate of drug-likeness (QED) is 0.0351. The predicted molar refractivity (Wildman–Crippen MR) is 230 cm³/mol. The van der Waals surface area contributed by atoms with Crippen molar-refractivity contribution >= 4 is 47.3 Å². The molecule has 4 amide bonds. The van der Waals surface area contributed by atoms with Gasteiger partial charge >= 0.3 is 5.97 Å². The van der Waals surface area contributed by atoms with E-state index in [0.717, 1.165) is 5.56 Å². The van der Waals surface area contributed by atoms with E-state index in [2.05, 4.69) is 25.9 Å². The Bertz CT molecular complexity index is 1840. The topological polar surface area (TPSA) is 337 Å². The molecule has 61 heavy (non-hydrogen) atoms. The number of hydrogen-bond acceptors (Lipinski definition) is 10. The normalized spacial score (nSPS) is 16.4. The molecule has 1 aliphatic rings. The largest absolute Gasteiger partial charge is 0.508 e. The number of rotatable bonds is 25. The van der Waals surface area contributed by atoms with Gasteiger partial charge in [0.25, 0.3) is 0 Å². The van der Waals surface area contributed by atoms with Gasteiger partial charge in [0.1, 0.15) is 23.9 Å². The second-order valence-electron chi connectivity index (χ2n) is 15.5. The van der Waals surface area contributed by atoms with Crippen molar-refractivity contribution in [1.82, 2.24) is 20.9 Å². The zero-order valence-corrected chi connectivity index (χ0v) is 35.0. The SMILES string of the molecule is CCC(C)[C@@H](NC(=O)C(Cc1ccc(O)cc1)NC(=O)C1CCCN1C(=O)C(CCCN=C(N)N)NC(=O)C(N)CCCN=C(N)N)C(=O)C[C@@H](Cc1ccccc1)C(=O)O. The zero-order valence-electron chi connectivity index (χ0n) is 35.0. The maximum Gasteiger partial charge on any atom is 0.307 e. The molecule has 19 heteroatoms. The van der Waals surface area contributed by atoms with Crippen molar-refractivity contribution in [2.75, 3.05) is 19.6 Å². The number of hydrogen-bond donors (Lipinski definition) is 10. The third kappa shape index (κ3) is 16.4. The third-order valence-electron chi connectivity index (χ3n) is 10.7. The third-order valence-corrected chi connectivity index (χ3v) is 10.7. The Morgan fingerprint density at radius 2 is 1.41 bits per heavy atom. The first-order valence-corrected chi connectivity index (χ1v) is 20.7. The van der Waals surface area contributed by atoms with Crippen molar-refractivity contribution in [2.45, 2.75) is 108 Å². The number of aliphatic carboxylic acids is 1. The number of carboxylic acids is 1. The van der Waals surface area contributed by atoms with E-state index in [-0.39, 0.29) is 81.7 Å². The van der Waals surface area contributed by atoms with Gasteiger partial charge in [-0.25, -0.2) is 0 Å². The molecule has 3 rings (SSSR count). The first-order chi connectivity index (χ1) is 29.0. The number of nitrogens with one attached hydrogen (secondary N) is 3. The van der Waals surface area contributed by atoms with E-state index in [1.807, 2.05) is 13.0 Å². The van der Waals surface area contributed by atoms with E-state index in [9.17, 15) is 39.0 Å². The summed E-state index contributed by atoms with van der Waals surface area (Å²) < 4.78 is 0. The number of nitrogens with zero attached hydrogens (tertiary/aromatic N) is 3. The van der Waals surface area contributed by atoms with Gasteiger partial charge in [-0.1, -0.05) is 62.7 Å². The molecule has 0 spiro atoms. The molecule has 0 saturated carbocycles. The summed E-state index contributed by atoms with van der Waals surface area (Å²) >= 11 is 0. The lowest BCUT2D eigenvalue weighted by Crippen LogP contribution is -2.59.